The van der Waals surface area contributed by atoms with E-state index in [9.17, 15) is 14.7 Å². The summed E-state index contributed by atoms with van der Waals surface area (Å²) in [6.07, 6.45) is 4.73. The standard InChI is InChI=1S/C18H16N4O3/c1-22-11-13(9-21-22)17(23)20-10-14-7-6-12(8-19-14)15-4-2-3-5-16(15)18(24)25/h2-9,11H,10H2,1H3,(H,20,23)(H,24,25). The van der Waals surface area contributed by atoms with E-state index in [1.807, 2.05) is 0 Å². The van der Waals surface area contributed by atoms with Crippen molar-refractivity contribution in [2.45, 2.75) is 6.54 Å². The molecule has 0 aliphatic rings. The van der Waals surface area contributed by atoms with Crippen molar-refractivity contribution in [2.75, 3.05) is 0 Å². The van der Waals surface area contributed by atoms with E-state index in [2.05, 4.69) is 15.4 Å². The molecule has 2 N–H and O–H groups in total. The van der Waals surface area contributed by atoms with Crippen molar-refractivity contribution in [1.29, 1.82) is 0 Å². The first kappa shape index (κ1) is 16.4. The molecule has 0 bridgehead atoms. The van der Waals surface area contributed by atoms with Crippen LogP contribution in [0.3, 0.4) is 0 Å². The van der Waals surface area contributed by atoms with Crippen molar-refractivity contribution < 1.29 is 14.7 Å². The molecule has 7 heteroatoms. The highest BCUT2D eigenvalue weighted by Crippen LogP contribution is 2.23. The molecule has 2 heterocycles. The van der Waals surface area contributed by atoms with E-state index < -0.39 is 5.97 Å². The maximum atomic E-state index is 12.0. The molecule has 7 nitrogen and oxygen atoms in total. The SMILES string of the molecule is Cn1cc(C(=O)NCc2ccc(-c3ccccc3C(=O)O)cn2)cn1. The van der Waals surface area contributed by atoms with Gasteiger partial charge in [0, 0.05) is 25.0 Å². The lowest BCUT2D eigenvalue weighted by Crippen LogP contribution is -2.22. The predicted molar refractivity (Wildman–Crippen MR) is 91.0 cm³/mol. The molecule has 126 valence electrons. The van der Waals surface area contributed by atoms with Gasteiger partial charge in [-0.15, -0.1) is 0 Å². The van der Waals surface area contributed by atoms with Crippen LogP contribution in [0.4, 0.5) is 0 Å². The van der Waals surface area contributed by atoms with Crippen LogP contribution < -0.4 is 5.32 Å². The van der Waals surface area contributed by atoms with Crippen LogP contribution in [0.1, 0.15) is 26.4 Å². The van der Waals surface area contributed by atoms with Crippen LogP contribution in [-0.4, -0.2) is 31.7 Å². The van der Waals surface area contributed by atoms with Gasteiger partial charge in [-0.1, -0.05) is 24.3 Å². The minimum Gasteiger partial charge on any atom is -0.478 e. The molecule has 3 rings (SSSR count). The van der Waals surface area contributed by atoms with Crippen molar-refractivity contribution in [3.8, 4) is 11.1 Å². The number of carboxylic acid groups (broad SMARTS) is 1. The summed E-state index contributed by atoms with van der Waals surface area (Å²) in [5, 5.41) is 16.0. The first-order valence-corrected chi connectivity index (χ1v) is 7.59. The van der Waals surface area contributed by atoms with Gasteiger partial charge in [0.1, 0.15) is 0 Å². The fourth-order valence-electron chi connectivity index (χ4n) is 2.42. The Kier molecular flexibility index (Phi) is 4.56. The lowest BCUT2D eigenvalue weighted by molar-refractivity contribution is 0.0697. The third-order valence-corrected chi connectivity index (χ3v) is 3.69. The number of benzene rings is 1. The molecule has 0 fully saturated rings. The highest BCUT2D eigenvalue weighted by molar-refractivity contribution is 5.96. The Morgan fingerprint density at radius 3 is 2.60 bits per heavy atom. The van der Waals surface area contributed by atoms with Crippen LogP contribution in [-0.2, 0) is 13.6 Å². The monoisotopic (exact) mass is 336 g/mol. The third kappa shape index (κ3) is 3.72. The van der Waals surface area contributed by atoms with Crippen molar-refractivity contribution in [1.82, 2.24) is 20.1 Å². The second kappa shape index (κ2) is 6.96. The topological polar surface area (TPSA) is 97.1 Å². The van der Waals surface area contributed by atoms with E-state index in [4.69, 9.17) is 0 Å². The maximum absolute atomic E-state index is 12.0. The molecular formula is C18H16N4O3. The Morgan fingerprint density at radius 1 is 1.16 bits per heavy atom. The number of aromatic carboxylic acids is 1. The van der Waals surface area contributed by atoms with Gasteiger partial charge in [0.2, 0.25) is 0 Å². The molecule has 0 saturated heterocycles. The zero-order valence-electron chi connectivity index (χ0n) is 13.5. The molecule has 0 spiro atoms. The van der Waals surface area contributed by atoms with Gasteiger partial charge < -0.3 is 10.4 Å². The molecule has 25 heavy (non-hydrogen) atoms. The normalized spacial score (nSPS) is 10.4. The van der Waals surface area contributed by atoms with Gasteiger partial charge in [0.05, 0.1) is 29.6 Å². The number of nitrogens with one attached hydrogen (secondary N) is 1. The fraction of sp³-hybridized carbons (Fsp3) is 0.111. The summed E-state index contributed by atoms with van der Waals surface area (Å²) in [6, 6.07) is 10.3. The van der Waals surface area contributed by atoms with Crippen molar-refractivity contribution in [3.05, 3.63) is 71.8 Å². The Hall–Kier alpha value is -3.48. The Labute approximate surface area is 143 Å². The quantitative estimate of drug-likeness (QED) is 0.744. The molecule has 0 radical (unpaired) electrons. The first-order chi connectivity index (χ1) is 12.0. The van der Waals surface area contributed by atoms with Gasteiger partial charge in [-0.05, 0) is 17.7 Å². The van der Waals surface area contributed by atoms with Crippen LogP contribution in [0.25, 0.3) is 11.1 Å². The van der Waals surface area contributed by atoms with Gasteiger partial charge >= 0.3 is 5.97 Å². The summed E-state index contributed by atoms with van der Waals surface area (Å²) in [4.78, 5) is 27.6. The number of carbonyl (C=O) groups excluding carboxylic acids is 1. The summed E-state index contributed by atoms with van der Waals surface area (Å²) >= 11 is 0. The molecule has 0 atom stereocenters. The van der Waals surface area contributed by atoms with E-state index >= 15 is 0 Å². The van der Waals surface area contributed by atoms with Crippen LogP contribution in [0, 0.1) is 0 Å². The number of amides is 1. The smallest absolute Gasteiger partial charge is 0.336 e. The van der Waals surface area contributed by atoms with E-state index in [0.29, 0.717) is 22.4 Å². The highest BCUT2D eigenvalue weighted by atomic mass is 16.4. The molecule has 1 amide bonds. The first-order valence-electron chi connectivity index (χ1n) is 7.59. The van der Waals surface area contributed by atoms with Gasteiger partial charge in [-0.2, -0.15) is 5.10 Å². The molecule has 0 saturated carbocycles. The zero-order valence-corrected chi connectivity index (χ0v) is 13.5. The van der Waals surface area contributed by atoms with Gasteiger partial charge in [-0.3, -0.25) is 14.5 Å². The average molecular weight is 336 g/mol. The van der Waals surface area contributed by atoms with Gasteiger partial charge in [-0.25, -0.2) is 4.79 Å². The number of pyridine rings is 1. The average Bonchev–Trinajstić information content (AvgIpc) is 3.06. The number of rotatable bonds is 5. The molecule has 3 aromatic rings. The summed E-state index contributed by atoms with van der Waals surface area (Å²) in [7, 11) is 1.74. The number of nitrogens with zero attached hydrogens (tertiary/aromatic N) is 3. The van der Waals surface area contributed by atoms with Gasteiger partial charge in [0.25, 0.3) is 5.91 Å². The van der Waals surface area contributed by atoms with Crippen molar-refractivity contribution >= 4 is 11.9 Å². The largest absolute Gasteiger partial charge is 0.478 e. The number of hydrogen-bond donors (Lipinski definition) is 2. The van der Waals surface area contributed by atoms with E-state index in [0.717, 1.165) is 0 Å². The lowest BCUT2D eigenvalue weighted by atomic mass is 10.0. The molecule has 0 aliphatic heterocycles. The summed E-state index contributed by atoms with van der Waals surface area (Å²) in [6.45, 7) is 0.272. The summed E-state index contributed by atoms with van der Waals surface area (Å²) in [5.74, 6) is -1.21. The minimum atomic E-state index is -0.983. The number of aromatic nitrogens is 3. The van der Waals surface area contributed by atoms with E-state index in [-0.39, 0.29) is 18.0 Å². The van der Waals surface area contributed by atoms with Crippen LogP contribution in [0.2, 0.25) is 0 Å². The molecular weight excluding hydrogens is 320 g/mol. The lowest BCUT2D eigenvalue weighted by Gasteiger charge is -2.07. The Morgan fingerprint density at radius 2 is 1.96 bits per heavy atom. The second-order valence-electron chi connectivity index (χ2n) is 5.47. The van der Waals surface area contributed by atoms with E-state index in [1.165, 1.54) is 6.20 Å². The summed E-state index contributed by atoms with van der Waals surface area (Å²) in [5.41, 5.74) is 2.69. The molecule has 0 aliphatic carbocycles. The summed E-state index contributed by atoms with van der Waals surface area (Å²) < 4.78 is 1.56. The number of hydrogen-bond acceptors (Lipinski definition) is 4. The maximum Gasteiger partial charge on any atom is 0.336 e. The Balaban J connectivity index is 1.71. The fourth-order valence-corrected chi connectivity index (χ4v) is 2.42. The van der Waals surface area contributed by atoms with E-state index in [1.54, 1.807) is 60.5 Å². The number of carbonyl (C=O) groups is 2. The van der Waals surface area contributed by atoms with Crippen molar-refractivity contribution in [3.63, 3.8) is 0 Å². The van der Waals surface area contributed by atoms with Gasteiger partial charge in [0.15, 0.2) is 0 Å². The molecule has 0 unspecified atom stereocenters. The van der Waals surface area contributed by atoms with Crippen LogP contribution in [0.15, 0.2) is 55.0 Å². The van der Waals surface area contributed by atoms with Crippen molar-refractivity contribution in [2.24, 2.45) is 7.05 Å². The third-order valence-electron chi connectivity index (χ3n) is 3.69. The van der Waals surface area contributed by atoms with Crippen LogP contribution >= 0.6 is 0 Å². The zero-order chi connectivity index (χ0) is 17.8. The molecule has 2 aromatic heterocycles. The second-order valence-corrected chi connectivity index (χ2v) is 5.47. The predicted octanol–water partition coefficient (Wildman–Crippen LogP) is 2.11. The molecule has 1 aromatic carbocycles. The minimum absolute atomic E-state index is 0.224. The highest BCUT2D eigenvalue weighted by Gasteiger charge is 2.11. The number of carboxylic acids is 1. The Bertz CT molecular complexity index is 916. The number of aryl methyl sites for hydroxylation is 1. The van der Waals surface area contributed by atoms with Crippen LogP contribution in [0.5, 0.6) is 0 Å².